The number of amides is 2. The summed E-state index contributed by atoms with van der Waals surface area (Å²) in [5, 5.41) is 14.1. The zero-order valence-corrected chi connectivity index (χ0v) is 15.2. The number of carbonyl (C=O) groups is 3. The fourth-order valence-corrected chi connectivity index (χ4v) is 3.88. The van der Waals surface area contributed by atoms with Crippen LogP contribution in [0.3, 0.4) is 0 Å². The van der Waals surface area contributed by atoms with Crippen molar-refractivity contribution in [3.8, 4) is 0 Å². The normalized spacial score (nSPS) is 16.8. The third-order valence-electron chi connectivity index (χ3n) is 3.98. The highest BCUT2D eigenvalue weighted by atomic mass is 32.2. The number of carboxylic acid groups (broad SMARTS) is 1. The minimum Gasteiger partial charge on any atom is -0.480 e. The van der Waals surface area contributed by atoms with Crippen LogP contribution in [-0.2, 0) is 19.6 Å². The maximum absolute atomic E-state index is 12.5. The Morgan fingerprint density at radius 2 is 1.85 bits per heavy atom. The molecule has 1 fully saturated rings. The van der Waals surface area contributed by atoms with E-state index in [1.807, 2.05) is 0 Å². The maximum Gasteiger partial charge on any atom is 0.326 e. The topological polar surface area (TPSA) is 133 Å². The molecule has 0 radical (unpaired) electrons. The predicted octanol–water partition coefficient (Wildman–Crippen LogP) is -0.354. The smallest absolute Gasteiger partial charge is 0.326 e. The maximum atomic E-state index is 12.5. The minimum atomic E-state index is -3.84. The molecular weight excluding hydrogens is 362 g/mol. The van der Waals surface area contributed by atoms with Crippen molar-refractivity contribution < 1.29 is 27.9 Å². The van der Waals surface area contributed by atoms with Gasteiger partial charge in [0, 0.05) is 18.7 Å². The van der Waals surface area contributed by atoms with Gasteiger partial charge in [-0.25, -0.2) is 13.2 Å². The molecule has 0 bridgehead atoms. The summed E-state index contributed by atoms with van der Waals surface area (Å²) in [6.07, 6.45) is 0. The standard InChI is InChI=1S/C16H21N3O6S/c1-10(2)14(16(22)23)18-15(21)11-3-5-12(6-4-11)26(24,25)19-8-7-17-13(20)9-19/h3-6,10,14H,7-9H2,1-2H3,(H,17,20)(H,18,21)(H,22,23)/t14-/m1/s1. The number of benzene rings is 1. The molecule has 1 aliphatic rings. The number of rotatable bonds is 6. The van der Waals surface area contributed by atoms with E-state index in [2.05, 4.69) is 10.6 Å². The Morgan fingerprint density at radius 3 is 2.35 bits per heavy atom. The quantitative estimate of drug-likeness (QED) is 0.615. The lowest BCUT2D eigenvalue weighted by Gasteiger charge is -2.25. The van der Waals surface area contributed by atoms with Crippen molar-refractivity contribution in [3.63, 3.8) is 0 Å². The molecule has 1 aromatic rings. The van der Waals surface area contributed by atoms with Crippen LogP contribution in [0.5, 0.6) is 0 Å². The molecule has 26 heavy (non-hydrogen) atoms. The molecule has 0 aliphatic carbocycles. The SMILES string of the molecule is CC(C)[C@@H](NC(=O)c1ccc(S(=O)(=O)N2CCNC(=O)C2)cc1)C(=O)O. The molecule has 1 aromatic carbocycles. The van der Waals surface area contributed by atoms with Gasteiger partial charge in [0.25, 0.3) is 5.91 Å². The van der Waals surface area contributed by atoms with Gasteiger partial charge in [-0.2, -0.15) is 4.31 Å². The summed E-state index contributed by atoms with van der Waals surface area (Å²) in [6, 6.07) is 4.11. The Morgan fingerprint density at radius 1 is 1.23 bits per heavy atom. The Hall–Kier alpha value is -2.46. The summed E-state index contributed by atoms with van der Waals surface area (Å²) < 4.78 is 26.1. The van der Waals surface area contributed by atoms with E-state index in [1.165, 1.54) is 24.3 Å². The van der Waals surface area contributed by atoms with Gasteiger partial charge in [-0.3, -0.25) is 9.59 Å². The lowest BCUT2D eigenvalue weighted by molar-refractivity contribution is -0.140. The van der Waals surface area contributed by atoms with Crippen molar-refractivity contribution in [2.75, 3.05) is 19.6 Å². The second-order valence-corrected chi connectivity index (χ2v) is 8.18. The van der Waals surface area contributed by atoms with E-state index in [9.17, 15) is 22.8 Å². The Balaban J connectivity index is 2.15. The van der Waals surface area contributed by atoms with Gasteiger partial charge in [0.1, 0.15) is 6.04 Å². The fourth-order valence-electron chi connectivity index (χ4n) is 2.49. The molecule has 2 rings (SSSR count). The Kier molecular flexibility index (Phi) is 5.98. The van der Waals surface area contributed by atoms with E-state index in [0.29, 0.717) is 0 Å². The third kappa shape index (κ3) is 4.38. The van der Waals surface area contributed by atoms with Crippen LogP contribution in [-0.4, -0.2) is 61.3 Å². The van der Waals surface area contributed by atoms with E-state index < -0.39 is 27.9 Å². The van der Waals surface area contributed by atoms with Gasteiger partial charge in [-0.1, -0.05) is 13.8 Å². The zero-order valence-electron chi connectivity index (χ0n) is 14.4. The number of hydrogen-bond acceptors (Lipinski definition) is 5. The minimum absolute atomic E-state index is 0.0394. The summed E-state index contributed by atoms with van der Waals surface area (Å²) in [7, 11) is -3.84. The molecule has 2 amide bonds. The van der Waals surface area contributed by atoms with Crippen LogP contribution >= 0.6 is 0 Å². The van der Waals surface area contributed by atoms with Crippen molar-refractivity contribution >= 4 is 27.8 Å². The average Bonchev–Trinajstić information content (AvgIpc) is 2.59. The van der Waals surface area contributed by atoms with Crippen LogP contribution in [0.25, 0.3) is 0 Å². The molecule has 1 aliphatic heterocycles. The molecule has 0 saturated carbocycles. The highest BCUT2D eigenvalue weighted by molar-refractivity contribution is 7.89. The van der Waals surface area contributed by atoms with Gasteiger partial charge >= 0.3 is 5.97 Å². The first-order valence-corrected chi connectivity index (χ1v) is 9.47. The number of sulfonamides is 1. The number of nitrogens with one attached hydrogen (secondary N) is 2. The van der Waals surface area contributed by atoms with Crippen molar-refractivity contribution in [1.82, 2.24) is 14.9 Å². The summed E-state index contributed by atoms with van der Waals surface area (Å²) in [5.41, 5.74) is 0.146. The van der Waals surface area contributed by atoms with Crippen molar-refractivity contribution in [1.29, 1.82) is 0 Å². The first kappa shape index (κ1) is 19.9. The molecule has 1 saturated heterocycles. The second kappa shape index (κ2) is 7.83. The van der Waals surface area contributed by atoms with E-state index in [4.69, 9.17) is 5.11 Å². The fraction of sp³-hybridized carbons (Fsp3) is 0.438. The van der Waals surface area contributed by atoms with Crippen LogP contribution in [0.1, 0.15) is 24.2 Å². The first-order valence-electron chi connectivity index (χ1n) is 8.03. The number of carboxylic acids is 1. The summed E-state index contributed by atoms with van der Waals surface area (Å²) in [5.74, 6) is -2.42. The van der Waals surface area contributed by atoms with Crippen LogP contribution in [0.4, 0.5) is 0 Å². The second-order valence-electron chi connectivity index (χ2n) is 6.25. The van der Waals surface area contributed by atoms with Crippen LogP contribution in [0.15, 0.2) is 29.2 Å². The Bertz CT molecular complexity index is 804. The van der Waals surface area contributed by atoms with E-state index in [1.54, 1.807) is 13.8 Å². The number of aliphatic carboxylic acids is 1. The monoisotopic (exact) mass is 383 g/mol. The van der Waals surface area contributed by atoms with Crippen LogP contribution in [0, 0.1) is 5.92 Å². The number of hydrogen-bond donors (Lipinski definition) is 3. The molecular formula is C16H21N3O6S. The van der Waals surface area contributed by atoms with Crippen LogP contribution in [0.2, 0.25) is 0 Å². The molecule has 0 spiro atoms. The van der Waals surface area contributed by atoms with E-state index in [-0.39, 0.29) is 41.9 Å². The van der Waals surface area contributed by atoms with Gasteiger partial charge in [0.2, 0.25) is 15.9 Å². The average molecular weight is 383 g/mol. The molecule has 0 aromatic heterocycles. The lowest BCUT2D eigenvalue weighted by Crippen LogP contribution is -2.49. The molecule has 9 nitrogen and oxygen atoms in total. The number of carbonyl (C=O) groups excluding carboxylic acids is 2. The molecule has 3 N–H and O–H groups in total. The predicted molar refractivity (Wildman–Crippen MR) is 91.9 cm³/mol. The molecule has 1 atom stereocenters. The molecule has 142 valence electrons. The van der Waals surface area contributed by atoms with Gasteiger partial charge in [-0.15, -0.1) is 0 Å². The summed E-state index contributed by atoms with van der Waals surface area (Å²) in [4.78, 5) is 34.7. The summed E-state index contributed by atoms with van der Waals surface area (Å²) in [6.45, 7) is 3.50. The lowest BCUT2D eigenvalue weighted by atomic mass is 10.0. The van der Waals surface area contributed by atoms with Crippen molar-refractivity contribution in [2.45, 2.75) is 24.8 Å². The van der Waals surface area contributed by atoms with Crippen molar-refractivity contribution in [3.05, 3.63) is 29.8 Å². The van der Waals surface area contributed by atoms with E-state index in [0.717, 1.165) is 4.31 Å². The van der Waals surface area contributed by atoms with E-state index >= 15 is 0 Å². The Labute approximate surface area is 151 Å². The third-order valence-corrected chi connectivity index (χ3v) is 5.84. The van der Waals surface area contributed by atoms with Crippen molar-refractivity contribution in [2.24, 2.45) is 5.92 Å². The number of nitrogens with zero attached hydrogens (tertiary/aromatic N) is 1. The van der Waals surface area contributed by atoms with Crippen LogP contribution < -0.4 is 10.6 Å². The van der Waals surface area contributed by atoms with Gasteiger partial charge in [0.05, 0.1) is 11.4 Å². The highest BCUT2D eigenvalue weighted by Crippen LogP contribution is 2.17. The number of piperazine rings is 1. The first-order chi connectivity index (χ1) is 12.1. The zero-order chi connectivity index (χ0) is 19.5. The van der Waals surface area contributed by atoms with Gasteiger partial charge < -0.3 is 15.7 Å². The van der Waals surface area contributed by atoms with Gasteiger partial charge in [-0.05, 0) is 30.2 Å². The van der Waals surface area contributed by atoms with Gasteiger partial charge in [0.15, 0.2) is 0 Å². The molecule has 10 heteroatoms. The summed E-state index contributed by atoms with van der Waals surface area (Å²) >= 11 is 0. The largest absolute Gasteiger partial charge is 0.480 e. The molecule has 0 unspecified atom stereocenters. The molecule has 1 heterocycles. The highest BCUT2D eigenvalue weighted by Gasteiger charge is 2.29.